The largest absolute Gasteiger partial charge is 0.324 e. The van der Waals surface area contributed by atoms with Gasteiger partial charge in [-0.3, -0.25) is 19.3 Å². The average molecular weight is 288 g/mol. The summed E-state index contributed by atoms with van der Waals surface area (Å²) in [7, 11) is 0. The van der Waals surface area contributed by atoms with Crippen molar-refractivity contribution in [3.8, 4) is 0 Å². The van der Waals surface area contributed by atoms with Gasteiger partial charge in [0.1, 0.15) is 6.04 Å². The number of nitrogens with one attached hydrogen (secondary N) is 1. The first-order valence-electron chi connectivity index (χ1n) is 7.20. The van der Waals surface area contributed by atoms with Gasteiger partial charge in [0.15, 0.2) is 0 Å². The van der Waals surface area contributed by atoms with Crippen molar-refractivity contribution >= 4 is 23.4 Å². The van der Waals surface area contributed by atoms with Crippen LogP contribution in [0.15, 0.2) is 18.2 Å². The van der Waals surface area contributed by atoms with Crippen molar-refractivity contribution in [3.63, 3.8) is 0 Å². The molecule has 1 aliphatic rings. The first-order chi connectivity index (χ1) is 9.95. The van der Waals surface area contributed by atoms with Gasteiger partial charge in [0.05, 0.1) is 0 Å². The lowest BCUT2D eigenvalue weighted by Crippen LogP contribution is -2.45. The minimum absolute atomic E-state index is 0.195. The fourth-order valence-electron chi connectivity index (χ4n) is 2.57. The smallest absolute Gasteiger partial charge is 0.247 e. The molecular formula is C16H20N2O3. The van der Waals surface area contributed by atoms with E-state index in [1.54, 1.807) is 6.92 Å². The van der Waals surface area contributed by atoms with Crippen LogP contribution < -0.4 is 5.32 Å². The van der Waals surface area contributed by atoms with Gasteiger partial charge in [-0.05, 0) is 31.4 Å². The number of amides is 3. The summed E-state index contributed by atoms with van der Waals surface area (Å²) in [5.74, 6) is -0.881. The molecule has 112 valence electrons. The first kappa shape index (κ1) is 15.2. The van der Waals surface area contributed by atoms with Gasteiger partial charge < -0.3 is 5.32 Å². The quantitative estimate of drug-likeness (QED) is 0.862. The van der Waals surface area contributed by atoms with Gasteiger partial charge in [-0.15, -0.1) is 0 Å². The SMILES string of the molecule is CCc1cccc(C)c1NC(=O)[C@@H](C)N1C(=O)CCC1=O. The molecule has 1 fully saturated rings. The first-order valence-corrected chi connectivity index (χ1v) is 7.20. The molecule has 5 nitrogen and oxygen atoms in total. The van der Waals surface area contributed by atoms with E-state index in [2.05, 4.69) is 5.32 Å². The zero-order valence-electron chi connectivity index (χ0n) is 12.6. The van der Waals surface area contributed by atoms with Gasteiger partial charge in [-0.1, -0.05) is 25.1 Å². The number of benzene rings is 1. The van der Waals surface area contributed by atoms with Crippen molar-refractivity contribution in [2.75, 3.05) is 5.32 Å². The predicted molar refractivity (Wildman–Crippen MR) is 79.7 cm³/mol. The van der Waals surface area contributed by atoms with E-state index < -0.39 is 6.04 Å². The van der Waals surface area contributed by atoms with Gasteiger partial charge in [0.2, 0.25) is 17.7 Å². The average Bonchev–Trinajstić information content (AvgIpc) is 2.79. The number of hydrogen-bond acceptors (Lipinski definition) is 3. The molecule has 3 amide bonds. The Hall–Kier alpha value is -2.17. The Morgan fingerprint density at radius 1 is 1.29 bits per heavy atom. The van der Waals surface area contributed by atoms with E-state index >= 15 is 0 Å². The molecule has 1 aliphatic heterocycles. The summed E-state index contributed by atoms with van der Waals surface area (Å²) in [6.45, 7) is 5.52. The van der Waals surface area contributed by atoms with Crippen molar-refractivity contribution < 1.29 is 14.4 Å². The molecule has 0 radical (unpaired) electrons. The molecular weight excluding hydrogens is 268 g/mol. The Kier molecular flexibility index (Phi) is 4.40. The fraction of sp³-hybridized carbons (Fsp3) is 0.438. The molecule has 0 saturated carbocycles. The summed E-state index contributed by atoms with van der Waals surface area (Å²) in [6, 6.07) is 5.04. The number of aryl methyl sites for hydroxylation is 2. The Morgan fingerprint density at radius 2 is 1.90 bits per heavy atom. The Balaban J connectivity index is 2.18. The molecule has 0 aromatic heterocycles. The summed E-state index contributed by atoms with van der Waals surface area (Å²) in [5.41, 5.74) is 2.78. The lowest BCUT2D eigenvalue weighted by molar-refractivity contribution is -0.144. The molecule has 1 atom stereocenters. The van der Waals surface area contributed by atoms with Gasteiger partial charge in [-0.2, -0.15) is 0 Å². The second-order valence-electron chi connectivity index (χ2n) is 5.29. The van der Waals surface area contributed by atoms with E-state index in [0.717, 1.165) is 28.1 Å². The number of anilines is 1. The summed E-state index contributed by atoms with van der Waals surface area (Å²) < 4.78 is 0. The summed E-state index contributed by atoms with van der Waals surface area (Å²) in [5, 5.41) is 2.86. The van der Waals surface area contributed by atoms with Crippen molar-refractivity contribution in [1.82, 2.24) is 4.90 Å². The van der Waals surface area contributed by atoms with Crippen LogP contribution in [0.1, 0.15) is 37.8 Å². The highest BCUT2D eigenvalue weighted by Crippen LogP contribution is 2.22. The van der Waals surface area contributed by atoms with Crippen LogP contribution in [-0.2, 0) is 20.8 Å². The van der Waals surface area contributed by atoms with Crippen LogP contribution in [0.4, 0.5) is 5.69 Å². The maximum atomic E-state index is 12.4. The van der Waals surface area contributed by atoms with Crippen LogP contribution in [-0.4, -0.2) is 28.7 Å². The van der Waals surface area contributed by atoms with E-state index in [1.807, 2.05) is 32.0 Å². The van der Waals surface area contributed by atoms with Crippen LogP contribution in [0.3, 0.4) is 0 Å². The summed E-state index contributed by atoms with van der Waals surface area (Å²) >= 11 is 0. The number of rotatable bonds is 4. The van der Waals surface area contributed by atoms with Crippen LogP contribution in [0.5, 0.6) is 0 Å². The fourth-order valence-corrected chi connectivity index (χ4v) is 2.57. The van der Waals surface area contributed by atoms with Crippen molar-refractivity contribution in [2.45, 2.75) is 46.1 Å². The summed E-state index contributed by atoms with van der Waals surface area (Å²) in [4.78, 5) is 36.8. The van der Waals surface area contributed by atoms with Gasteiger partial charge in [0, 0.05) is 18.5 Å². The van der Waals surface area contributed by atoms with E-state index in [9.17, 15) is 14.4 Å². The maximum absolute atomic E-state index is 12.4. The molecule has 0 spiro atoms. The zero-order valence-corrected chi connectivity index (χ0v) is 12.6. The second kappa shape index (κ2) is 6.08. The van der Waals surface area contributed by atoms with E-state index in [4.69, 9.17) is 0 Å². The second-order valence-corrected chi connectivity index (χ2v) is 5.29. The third-order valence-corrected chi connectivity index (χ3v) is 3.85. The topological polar surface area (TPSA) is 66.5 Å². The number of likely N-dealkylation sites (tertiary alicyclic amines) is 1. The van der Waals surface area contributed by atoms with Crippen molar-refractivity contribution in [2.24, 2.45) is 0 Å². The minimum atomic E-state index is -0.781. The Labute approximate surface area is 124 Å². The standard InChI is InChI=1S/C16H20N2O3/c1-4-12-7-5-6-10(2)15(12)17-16(21)11(3)18-13(19)8-9-14(18)20/h5-7,11H,4,8-9H2,1-3H3,(H,17,21)/t11-/m1/s1. The predicted octanol–water partition coefficient (Wildman–Crippen LogP) is 2.03. The van der Waals surface area contributed by atoms with Gasteiger partial charge in [0.25, 0.3) is 0 Å². The van der Waals surface area contributed by atoms with E-state index in [-0.39, 0.29) is 30.6 Å². The highest BCUT2D eigenvalue weighted by Gasteiger charge is 2.36. The number of carbonyl (C=O) groups is 3. The van der Waals surface area contributed by atoms with Crippen molar-refractivity contribution in [3.05, 3.63) is 29.3 Å². The Bertz CT molecular complexity index is 579. The van der Waals surface area contributed by atoms with Crippen molar-refractivity contribution in [1.29, 1.82) is 0 Å². The molecule has 1 aromatic rings. The molecule has 2 rings (SSSR count). The molecule has 1 N–H and O–H groups in total. The monoisotopic (exact) mass is 288 g/mol. The molecule has 0 aliphatic carbocycles. The van der Waals surface area contributed by atoms with E-state index in [0.29, 0.717) is 0 Å². The number of hydrogen-bond donors (Lipinski definition) is 1. The van der Waals surface area contributed by atoms with Crippen LogP contribution in [0, 0.1) is 6.92 Å². The number of nitrogens with zero attached hydrogens (tertiary/aromatic N) is 1. The highest BCUT2D eigenvalue weighted by atomic mass is 16.2. The maximum Gasteiger partial charge on any atom is 0.247 e. The van der Waals surface area contributed by atoms with Gasteiger partial charge in [-0.25, -0.2) is 0 Å². The zero-order chi connectivity index (χ0) is 15.6. The molecule has 1 saturated heterocycles. The van der Waals surface area contributed by atoms with Gasteiger partial charge >= 0.3 is 0 Å². The molecule has 1 heterocycles. The molecule has 21 heavy (non-hydrogen) atoms. The van der Waals surface area contributed by atoms with Crippen LogP contribution in [0.25, 0.3) is 0 Å². The minimum Gasteiger partial charge on any atom is -0.324 e. The number of imide groups is 1. The van der Waals surface area contributed by atoms with Crippen LogP contribution >= 0.6 is 0 Å². The number of carbonyl (C=O) groups excluding carboxylic acids is 3. The lowest BCUT2D eigenvalue weighted by atomic mass is 10.1. The normalized spacial score (nSPS) is 16.2. The third-order valence-electron chi connectivity index (χ3n) is 3.85. The Morgan fingerprint density at radius 3 is 2.48 bits per heavy atom. The highest BCUT2D eigenvalue weighted by molar-refractivity contribution is 6.07. The van der Waals surface area contributed by atoms with Crippen LogP contribution in [0.2, 0.25) is 0 Å². The lowest BCUT2D eigenvalue weighted by Gasteiger charge is -2.23. The van der Waals surface area contributed by atoms with E-state index in [1.165, 1.54) is 0 Å². The molecule has 0 bridgehead atoms. The molecule has 0 unspecified atom stereocenters. The summed E-state index contributed by atoms with van der Waals surface area (Å²) in [6.07, 6.45) is 1.19. The third kappa shape index (κ3) is 2.96. The molecule has 1 aromatic carbocycles. The molecule has 5 heteroatoms. The number of para-hydroxylation sites is 1.